The fourth-order valence-electron chi connectivity index (χ4n) is 2.86. The van der Waals surface area contributed by atoms with E-state index in [0.717, 1.165) is 19.0 Å². The monoisotopic (exact) mass is 274 g/mol. The van der Waals surface area contributed by atoms with Crippen molar-refractivity contribution in [1.82, 2.24) is 5.32 Å². The van der Waals surface area contributed by atoms with E-state index in [1.165, 1.54) is 43.5 Å². The maximum atomic E-state index is 3.55. The molecule has 2 heteroatoms. The van der Waals surface area contributed by atoms with E-state index >= 15 is 0 Å². The molecule has 1 aromatic carbocycles. The Morgan fingerprint density at radius 3 is 2.40 bits per heavy atom. The molecule has 0 radical (unpaired) electrons. The Morgan fingerprint density at radius 2 is 1.90 bits per heavy atom. The summed E-state index contributed by atoms with van der Waals surface area (Å²) in [7, 11) is 0. The summed E-state index contributed by atoms with van der Waals surface area (Å²) in [4.78, 5) is 2.53. The molecule has 2 rings (SSSR count). The van der Waals surface area contributed by atoms with E-state index in [0.29, 0.717) is 6.04 Å². The zero-order valence-corrected chi connectivity index (χ0v) is 13.4. The van der Waals surface area contributed by atoms with Crippen LogP contribution in [0.5, 0.6) is 0 Å². The molecule has 0 bridgehead atoms. The van der Waals surface area contributed by atoms with Gasteiger partial charge in [-0.1, -0.05) is 25.5 Å². The molecule has 112 valence electrons. The Hall–Kier alpha value is -1.02. The topological polar surface area (TPSA) is 15.3 Å². The third-order valence-electron chi connectivity index (χ3n) is 4.54. The van der Waals surface area contributed by atoms with Crippen molar-refractivity contribution in [3.8, 4) is 0 Å². The lowest BCUT2D eigenvalue weighted by molar-refractivity contribution is 0.318. The van der Waals surface area contributed by atoms with E-state index in [1.807, 2.05) is 0 Å². The Labute approximate surface area is 124 Å². The summed E-state index contributed by atoms with van der Waals surface area (Å²) < 4.78 is 0. The van der Waals surface area contributed by atoms with Gasteiger partial charge in [0.1, 0.15) is 0 Å². The normalized spacial score (nSPS) is 16.8. The quantitative estimate of drug-likeness (QED) is 0.757. The van der Waals surface area contributed by atoms with Crippen LogP contribution in [0, 0.1) is 5.92 Å². The number of benzene rings is 1. The molecule has 1 aliphatic carbocycles. The van der Waals surface area contributed by atoms with Crippen molar-refractivity contribution in [3.63, 3.8) is 0 Å². The summed E-state index contributed by atoms with van der Waals surface area (Å²) in [6.07, 6.45) is 5.47. The molecule has 0 amide bonds. The molecule has 0 saturated heterocycles. The highest BCUT2D eigenvalue weighted by atomic mass is 15.1. The molecule has 1 aromatic rings. The van der Waals surface area contributed by atoms with Crippen LogP contribution in [0.3, 0.4) is 0 Å². The van der Waals surface area contributed by atoms with Crippen LogP contribution in [0.1, 0.15) is 58.1 Å². The summed E-state index contributed by atoms with van der Waals surface area (Å²) in [6, 6.07) is 9.60. The highest BCUT2D eigenvalue weighted by Crippen LogP contribution is 2.29. The first-order valence-electron chi connectivity index (χ1n) is 8.32. The molecule has 0 aliphatic heterocycles. The van der Waals surface area contributed by atoms with Gasteiger partial charge in [-0.2, -0.15) is 0 Å². The molecule has 1 N–H and O–H groups in total. The van der Waals surface area contributed by atoms with Crippen LogP contribution < -0.4 is 10.2 Å². The molecular formula is C18H30N2. The average molecular weight is 274 g/mol. The molecule has 1 aliphatic rings. The molecule has 1 saturated carbocycles. The maximum absolute atomic E-state index is 3.55. The second-order valence-electron chi connectivity index (χ2n) is 6.10. The molecule has 0 heterocycles. The first-order chi connectivity index (χ1) is 9.74. The molecule has 1 fully saturated rings. The molecule has 1 unspecified atom stereocenters. The van der Waals surface area contributed by atoms with Crippen LogP contribution >= 0.6 is 0 Å². The van der Waals surface area contributed by atoms with Gasteiger partial charge in [0, 0.05) is 24.8 Å². The fourth-order valence-corrected chi connectivity index (χ4v) is 2.86. The van der Waals surface area contributed by atoms with Crippen molar-refractivity contribution in [2.45, 2.75) is 52.5 Å². The Morgan fingerprint density at radius 1 is 1.20 bits per heavy atom. The lowest BCUT2D eigenvalue weighted by atomic mass is 9.85. The highest BCUT2D eigenvalue weighted by Gasteiger charge is 2.20. The molecule has 0 spiro atoms. The zero-order chi connectivity index (χ0) is 14.4. The summed E-state index contributed by atoms with van der Waals surface area (Å²) in [6.45, 7) is 10.2. The lowest BCUT2D eigenvalue weighted by Gasteiger charge is -2.33. The van der Waals surface area contributed by atoms with Crippen molar-refractivity contribution in [2.75, 3.05) is 24.5 Å². The van der Waals surface area contributed by atoms with Crippen molar-refractivity contribution < 1.29 is 0 Å². The van der Waals surface area contributed by atoms with Gasteiger partial charge in [0.2, 0.25) is 0 Å². The average Bonchev–Trinajstić information content (AvgIpc) is 2.44. The number of nitrogens with zero attached hydrogens (tertiary/aromatic N) is 1. The first-order valence-corrected chi connectivity index (χ1v) is 8.32. The Balaban J connectivity index is 1.94. The van der Waals surface area contributed by atoms with Crippen molar-refractivity contribution in [1.29, 1.82) is 0 Å². The van der Waals surface area contributed by atoms with Crippen LogP contribution in [0.2, 0.25) is 0 Å². The Kier molecular flexibility index (Phi) is 5.90. The smallest absolute Gasteiger partial charge is 0.0366 e. The van der Waals surface area contributed by atoms with Gasteiger partial charge in [-0.15, -0.1) is 0 Å². The van der Waals surface area contributed by atoms with Crippen LogP contribution in [-0.4, -0.2) is 19.6 Å². The van der Waals surface area contributed by atoms with Gasteiger partial charge in [0.15, 0.2) is 0 Å². The van der Waals surface area contributed by atoms with Crippen LogP contribution in [0.4, 0.5) is 5.69 Å². The molecule has 0 aromatic heterocycles. The van der Waals surface area contributed by atoms with Crippen LogP contribution in [0.25, 0.3) is 0 Å². The second kappa shape index (κ2) is 7.68. The van der Waals surface area contributed by atoms with Gasteiger partial charge >= 0.3 is 0 Å². The standard InChI is InChI=1S/C18H30N2/c1-4-13-19-15(3)17-9-11-18(12-10-17)20(5-2)14-16-7-6-8-16/h9-12,15-16,19H,4-8,13-14H2,1-3H3. The largest absolute Gasteiger partial charge is 0.372 e. The lowest BCUT2D eigenvalue weighted by Crippen LogP contribution is -2.32. The SMILES string of the molecule is CCCNC(C)c1ccc(N(CC)CC2CCC2)cc1. The summed E-state index contributed by atoms with van der Waals surface area (Å²) in [5, 5.41) is 3.55. The van der Waals surface area contributed by atoms with E-state index in [1.54, 1.807) is 0 Å². The summed E-state index contributed by atoms with van der Waals surface area (Å²) in [5.74, 6) is 0.930. The number of nitrogens with one attached hydrogen (secondary N) is 1. The van der Waals surface area contributed by atoms with E-state index in [9.17, 15) is 0 Å². The van der Waals surface area contributed by atoms with Gasteiger partial charge in [-0.05, 0) is 63.3 Å². The van der Waals surface area contributed by atoms with E-state index in [-0.39, 0.29) is 0 Å². The zero-order valence-electron chi connectivity index (χ0n) is 13.4. The van der Waals surface area contributed by atoms with Crippen LogP contribution in [-0.2, 0) is 0 Å². The minimum Gasteiger partial charge on any atom is -0.372 e. The van der Waals surface area contributed by atoms with Gasteiger partial charge in [0.25, 0.3) is 0 Å². The highest BCUT2D eigenvalue weighted by molar-refractivity contribution is 5.48. The second-order valence-corrected chi connectivity index (χ2v) is 6.10. The number of hydrogen-bond acceptors (Lipinski definition) is 2. The predicted molar refractivity (Wildman–Crippen MR) is 88.4 cm³/mol. The van der Waals surface area contributed by atoms with Gasteiger partial charge < -0.3 is 10.2 Å². The van der Waals surface area contributed by atoms with Crippen molar-refractivity contribution in [2.24, 2.45) is 5.92 Å². The van der Waals surface area contributed by atoms with E-state index in [4.69, 9.17) is 0 Å². The maximum Gasteiger partial charge on any atom is 0.0366 e. The molecule has 1 atom stereocenters. The van der Waals surface area contributed by atoms with Gasteiger partial charge in [0.05, 0.1) is 0 Å². The minimum absolute atomic E-state index is 0.450. The molecular weight excluding hydrogens is 244 g/mol. The molecule has 2 nitrogen and oxygen atoms in total. The number of hydrogen-bond donors (Lipinski definition) is 1. The third-order valence-corrected chi connectivity index (χ3v) is 4.54. The Bertz CT molecular complexity index is 381. The number of rotatable bonds is 8. The van der Waals surface area contributed by atoms with Gasteiger partial charge in [-0.25, -0.2) is 0 Å². The number of anilines is 1. The van der Waals surface area contributed by atoms with E-state index < -0.39 is 0 Å². The minimum atomic E-state index is 0.450. The van der Waals surface area contributed by atoms with E-state index in [2.05, 4.69) is 55.3 Å². The third kappa shape index (κ3) is 3.99. The first kappa shape index (κ1) is 15.4. The van der Waals surface area contributed by atoms with Gasteiger partial charge in [-0.3, -0.25) is 0 Å². The van der Waals surface area contributed by atoms with Crippen molar-refractivity contribution in [3.05, 3.63) is 29.8 Å². The van der Waals surface area contributed by atoms with Crippen LogP contribution in [0.15, 0.2) is 24.3 Å². The summed E-state index contributed by atoms with van der Waals surface area (Å²) in [5.41, 5.74) is 2.77. The summed E-state index contributed by atoms with van der Waals surface area (Å²) >= 11 is 0. The fraction of sp³-hybridized carbons (Fsp3) is 0.667. The molecule has 20 heavy (non-hydrogen) atoms. The predicted octanol–water partition coefficient (Wildman–Crippen LogP) is 4.37. The van der Waals surface area contributed by atoms with Crippen molar-refractivity contribution >= 4 is 5.69 Å².